The molecule has 1 fully saturated rings. The van der Waals surface area contributed by atoms with Crippen LogP contribution in [0.25, 0.3) is 0 Å². The molecule has 4 atom stereocenters. The van der Waals surface area contributed by atoms with E-state index in [0.29, 0.717) is 11.8 Å². The Morgan fingerprint density at radius 3 is 2.47 bits per heavy atom. The van der Waals surface area contributed by atoms with Gasteiger partial charge in [-0.2, -0.15) is 0 Å². The van der Waals surface area contributed by atoms with E-state index >= 15 is 0 Å². The second kappa shape index (κ2) is 5.38. The highest BCUT2D eigenvalue weighted by Crippen LogP contribution is 2.45. The Kier molecular flexibility index (Phi) is 4.59. The minimum Gasteiger partial charge on any atom is -0.460 e. The number of esters is 1. The first-order valence-electron chi connectivity index (χ1n) is 6.66. The Morgan fingerprint density at radius 2 is 2.00 bits per heavy atom. The molecule has 0 aromatic rings. The van der Waals surface area contributed by atoms with Crippen molar-refractivity contribution in [3.05, 3.63) is 0 Å². The van der Waals surface area contributed by atoms with Crippen LogP contribution < -0.4 is 0 Å². The van der Waals surface area contributed by atoms with Gasteiger partial charge in [0.05, 0.1) is 0 Å². The van der Waals surface area contributed by atoms with E-state index in [9.17, 15) is 9.90 Å². The lowest BCUT2D eigenvalue weighted by Gasteiger charge is -2.45. The summed E-state index contributed by atoms with van der Waals surface area (Å²) in [5.74, 6) is 0.575. The molecule has 0 aromatic heterocycles. The third-order valence-corrected chi connectivity index (χ3v) is 4.45. The van der Waals surface area contributed by atoms with E-state index in [1.54, 1.807) is 0 Å². The van der Waals surface area contributed by atoms with Gasteiger partial charge >= 0.3 is 5.97 Å². The van der Waals surface area contributed by atoms with Crippen LogP contribution in [0.4, 0.5) is 0 Å². The van der Waals surface area contributed by atoms with E-state index in [1.165, 1.54) is 13.3 Å². The topological polar surface area (TPSA) is 46.5 Å². The summed E-state index contributed by atoms with van der Waals surface area (Å²) in [6.07, 6.45) is 2.10. The molecule has 0 spiro atoms. The van der Waals surface area contributed by atoms with Gasteiger partial charge in [-0.3, -0.25) is 0 Å². The molecule has 3 nitrogen and oxygen atoms in total. The highest BCUT2D eigenvalue weighted by atomic mass is 16.6. The van der Waals surface area contributed by atoms with Crippen molar-refractivity contribution in [1.82, 2.24) is 0 Å². The molecule has 0 aliphatic heterocycles. The predicted molar refractivity (Wildman–Crippen MR) is 67.5 cm³/mol. The number of carbonyl (C=O) groups is 1. The zero-order valence-electron chi connectivity index (χ0n) is 11.7. The van der Waals surface area contributed by atoms with Crippen molar-refractivity contribution in [2.24, 2.45) is 17.3 Å². The highest BCUT2D eigenvalue weighted by Gasteiger charge is 2.43. The number of aliphatic hydroxyl groups excluding tert-OH is 1. The van der Waals surface area contributed by atoms with E-state index in [2.05, 4.69) is 27.7 Å². The zero-order chi connectivity index (χ0) is 13.2. The number of rotatable bonds is 3. The SMILES string of the molecule is CC(O)C(=O)O[C@@H]1C[C@H](C)CC[C@@]1(C)C(C)C. The first kappa shape index (κ1) is 14.5. The van der Waals surface area contributed by atoms with E-state index in [0.717, 1.165) is 12.8 Å². The highest BCUT2D eigenvalue weighted by molar-refractivity contribution is 5.74. The molecule has 1 rings (SSSR count). The first-order chi connectivity index (χ1) is 7.77. The average molecular weight is 242 g/mol. The van der Waals surface area contributed by atoms with Crippen LogP contribution in [0.2, 0.25) is 0 Å². The average Bonchev–Trinajstić information content (AvgIpc) is 2.23. The quantitative estimate of drug-likeness (QED) is 0.774. The van der Waals surface area contributed by atoms with Crippen LogP contribution in [0.5, 0.6) is 0 Å². The van der Waals surface area contributed by atoms with Crippen molar-refractivity contribution in [3.8, 4) is 0 Å². The summed E-state index contributed by atoms with van der Waals surface area (Å²) in [7, 11) is 0. The molecule has 0 radical (unpaired) electrons. The maximum atomic E-state index is 11.6. The van der Waals surface area contributed by atoms with Crippen molar-refractivity contribution >= 4 is 5.97 Å². The minimum absolute atomic E-state index is 0.0388. The molecule has 0 aromatic carbocycles. The van der Waals surface area contributed by atoms with Crippen LogP contribution >= 0.6 is 0 Å². The van der Waals surface area contributed by atoms with Crippen molar-refractivity contribution in [2.45, 2.75) is 66.1 Å². The second-order valence-electron chi connectivity index (χ2n) is 6.14. The largest absolute Gasteiger partial charge is 0.460 e. The molecular weight excluding hydrogens is 216 g/mol. The van der Waals surface area contributed by atoms with Gasteiger partial charge in [-0.25, -0.2) is 4.79 Å². The minimum atomic E-state index is -1.02. The van der Waals surface area contributed by atoms with Gasteiger partial charge in [0.25, 0.3) is 0 Å². The van der Waals surface area contributed by atoms with E-state index < -0.39 is 12.1 Å². The van der Waals surface area contributed by atoms with E-state index in [4.69, 9.17) is 4.74 Å². The van der Waals surface area contributed by atoms with Crippen LogP contribution in [-0.2, 0) is 9.53 Å². The second-order valence-corrected chi connectivity index (χ2v) is 6.14. The number of aliphatic hydroxyl groups is 1. The Hall–Kier alpha value is -0.570. The van der Waals surface area contributed by atoms with Crippen molar-refractivity contribution in [1.29, 1.82) is 0 Å². The monoisotopic (exact) mass is 242 g/mol. The van der Waals surface area contributed by atoms with Gasteiger partial charge in [-0.15, -0.1) is 0 Å². The summed E-state index contributed by atoms with van der Waals surface area (Å²) in [6, 6.07) is 0. The first-order valence-corrected chi connectivity index (χ1v) is 6.66. The van der Waals surface area contributed by atoms with Gasteiger partial charge in [0, 0.05) is 5.41 Å². The van der Waals surface area contributed by atoms with Gasteiger partial charge < -0.3 is 9.84 Å². The molecule has 0 bridgehead atoms. The Bertz CT molecular complexity index is 273. The van der Waals surface area contributed by atoms with Gasteiger partial charge in [0.2, 0.25) is 0 Å². The standard InChI is InChI=1S/C14H26O3/c1-9(2)14(5)7-6-10(3)8-12(14)17-13(16)11(4)15/h9-12,15H,6-8H2,1-5H3/t10-,11?,12-,14+/m1/s1. The maximum absolute atomic E-state index is 11.6. The molecule has 0 saturated heterocycles. The van der Waals surface area contributed by atoms with Gasteiger partial charge in [-0.05, 0) is 38.0 Å². The van der Waals surface area contributed by atoms with Crippen LogP contribution in [0.15, 0.2) is 0 Å². The summed E-state index contributed by atoms with van der Waals surface area (Å²) in [6.45, 7) is 10.2. The lowest BCUT2D eigenvalue weighted by atomic mass is 9.64. The number of hydrogen-bond donors (Lipinski definition) is 1. The van der Waals surface area contributed by atoms with Crippen molar-refractivity contribution in [3.63, 3.8) is 0 Å². The van der Waals surface area contributed by atoms with Gasteiger partial charge in [-0.1, -0.05) is 27.7 Å². The summed E-state index contributed by atoms with van der Waals surface area (Å²) in [5.41, 5.74) is 0.0388. The fourth-order valence-corrected chi connectivity index (χ4v) is 2.55. The van der Waals surface area contributed by atoms with Gasteiger partial charge in [0.1, 0.15) is 12.2 Å². The lowest BCUT2D eigenvalue weighted by Crippen LogP contribution is -2.45. The van der Waals surface area contributed by atoms with Crippen LogP contribution in [0.1, 0.15) is 53.9 Å². The predicted octanol–water partition coefficient (Wildman–Crippen LogP) is 2.76. The maximum Gasteiger partial charge on any atom is 0.334 e. The smallest absolute Gasteiger partial charge is 0.334 e. The van der Waals surface area contributed by atoms with E-state index in [1.807, 2.05) is 0 Å². The van der Waals surface area contributed by atoms with Gasteiger partial charge in [0.15, 0.2) is 0 Å². The number of ether oxygens (including phenoxy) is 1. The summed E-state index contributed by atoms with van der Waals surface area (Å²) in [4.78, 5) is 11.6. The molecule has 0 amide bonds. The third kappa shape index (κ3) is 3.21. The molecule has 1 saturated carbocycles. The van der Waals surface area contributed by atoms with Crippen LogP contribution in [0, 0.1) is 17.3 Å². The molecule has 0 heterocycles. The van der Waals surface area contributed by atoms with Crippen molar-refractivity contribution < 1.29 is 14.6 Å². The molecule has 1 aliphatic carbocycles. The van der Waals surface area contributed by atoms with Crippen molar-refractivity contribution in [2.75, 3.05) is 0 Å². The van der Waals surface area contributed by atoms with E-state index in [-0.39, 0.29) is 11.5 Å². The molecule has 3 heteroatoms. The number of hydrogen-bond acceptors (Lipinski definition) is 3. The number of carbonyl (C=O) groups excluding carboxylic acids is 1. The van der Waals surface area contributed by atoms with Crippen LogP contribution in [0.3, 0.4) is 0 Å². The Labute approximate surface area is 105 Å². The molecule has 17 heavy (non-hydrogen) atoms. The Balaban J connectivity index is 2.79. The molecule has 1 aliphatic rings. The molecule has 1 unspecified atom stereocenters. The summed E-state index contributed by atoms with van der Waals surface area (Å²) in [5, 5.41) is 9.25. The lowest BCUT2D eigenvalue weighted by molar-refractivity contribution is -0.172. The Morgan fingerprint density at radius 1 is 1.41 bits per heavy atom. The fourth-order valence-electron chi connectivity index (χ4n) is 2.55. The summed E-state index contributed by atoms with van der Waals surface area (Å²) < 4.78 is 5.51. The zero-order valence-corrected chi connectivity index (χ0v) is 11.7. The van der Waals surface area contributed by atoms with Crippen LogP contribution in [-0.4, -0.2) is 23.3 Å². The molecular formula is C14H26O3. The fraction of sp³-hybridized carbons (Fsp3) is 0.929. The summed E-state index contributed by atoms with van der Waals surface area (Å²) >= 11 is 0. The molecule has 1 N–H and O–H groups in total. The third-order valence-electron chi connectivity index (χ3n) is 4.45. The normalized spacial score (nSPS) is 35.7. The molecule has 100 valence electrons.